The molecule has 0 fully saturated rings. The molecule has 0 heterocycles. The summed E-state index contributed by atoms with van der Waals surface area (Å²) in [6.45, 7) is 4.54. The lowest BCUT2D eigenvalue weighted by Gasteiger charge is -2.34. The predicted octanol–water partition coefficient (Wildman–Crippen LogP) is 15.5. The summed E-state index contributed by atoms with van der Waals surface area (Å²) in [5, 5.41) is 11.7. The summed E-state index contributed by atoms with van der Waals surface area (Å²) in [6.07, 6.45) is 67.6. The van der Waals surface area contributed by atoms with Crippen LogP contribution >= 0.6 is 0 Å². The van der Waals surface area contributed by atoms with Crippen molar-refractivity contribution in [3.8, 4) is 0 Å². The van der Waals surface area contributed by atoms with Crippen LogP contribution in [0.4, 0.5) is 0 Å². The molecule has 0 saturated heterocycles. The summed E-state index contributed by atoms with van der Waals surface area (Å²) in [7, 11) is 5.41. The highest BCUT2D eigenvalue weighted by Gasteiger charge is 2.25. The number of ether oxygens (including phenoxy) is 3. The van der Waals surface area contributed by atoms with Gasteiger partial charge in [0.15, 0.2) is 6.10 Å². The maximum absolute atomic E-state index is 12.8. The Hall–Kier alpha value is -3.49. The molecule has 0 N–H and O–H groups in total. The Labute approximate surface area is 424 Å². The number of rotatable bonds is 50. The Balaban J connectivity index is 4.25. The zero-order valence-electron chi connectivity index (χ0n) is 45.2. The lowest BCUT2D eigenvalue weighted by Crippen LogP contribution is -2.55. The Morgan fingerprint density at radius 3 is 1.20 bits per heavy atom. The van der Waals surface area contributed by atoms with E-state index in [1.807, 2.05) is 0 Å². The molecular weight excluding hydrogens is 859 g/mol. The Morgan fingerprint density at radius 1 is 0.449 bits per heavy atom. The van der Waals surface area contributed by atoms with Gasteiger partial charge in [0.05, 0.1) is 40.3 Å². The summed E-state index contributed by atoms with van der Waals surface area (Å²) in [5.74, 6) is -1.76. The predicted molar refractivity (Wildman–Crippen MR) is 291 cm³/mol. The average Bonchev–Trinajstić information content (AvgIpc) is 3.31. The lowest BCUT2D eigenvalue weighted by atomic mass is 10.1. The van der Waals surface area contributed by atoms with Gasteiger partial charge in [-0.3, -0.25) is 9.59 Å². The largest absolute Gasteiger partial charge is 0.544 e. The van der Waals surface area contributed by atoms with Gasteiger partial charge in [0, 0.05) is 19.3 Å². The molecule has 0 aliphatic carbocycles. The fourth-order valence-corrected chi connectivity index (χ4v) is 7.95. The molecule has 8 heteroatoms. The van der Waals surface area contributed by atoms with Gasteiger partial charge in [0.25, 0.3) is 0 Å². The number of aliphatic carboxylic acids is 1. The molecular formula is C61H105NO7. The van der Waals surface area contributed by atoms with Crippen molar-refractivity contribution in [2.24, 2.45) is 0 Å². The van der Waals surface area contributed by atoms with Crippen LogP contribution in [0.3, 0.4) is 0 Å². The minimum absolute atomic E-state index is 0.0296. The first kappa shape index (κ1) is 65.5. The molecule has 0 saturated carbocycles. The summed E-state index contributed by atoms with van der Waals surface area (Å²) in [5.41, 5.74) is 0. The van der Waals surface area contributed by atoms with Crippen molar-refractivity contribution in [1.29, 1.82) is 0 Å². The molecule has 0 radical (unpaired) electrons. The molecule has 0 aromatic heterocycles. The van der Waals surface area contributed by atoms with E-state index >= 15 is 0 Å². The van der Waals surface area contributed by atoms with Crippen molar-refractivity contribution >= 4 is 17.9 Å². The molecule has 0 aromatic rings. The van der Waals surface area contributed by atoms with Crippen molar-refractivity contribution < 1.29 is 38.2 Å². The van der Waals surface area contributed by atoms with Gasteiger partial charge in [0.1, 0.15) is 12.6 Å². The fourth-order valence-electron chi connectivity index (χ4n) is 7.95. The number of allylic oxidation sites excluding steroid dienone is 14. The van der Waals surface area contributed by atoms with Crippen LogP contribution in [0.15, 0.2) is 85.1 Å². The van der Waals surface area contributed by atoms with Crippen LogP contribution in [-0.2, 0) is 28.6 Å². The molecule has 0 aliphatic rings. The van der Waals surface area contributed by atoms with Crippen LogP contribution in [0.2, 0.25) is 0 Å². The lowest BCUT2D eigenvalue weighted by molar-refractivity contribution is -0.889. The zero-order valence-corrected chi connectivity index (χ0v) is 45.2. The van der Waals surface area contributed by atoms with Crippen molar-refractivity contribution in [3.05, 3.63) is 85.1 Å². The third-order valence-corrected chi connectivity index (χ3v) is 12.3. The minimum Gasteiger partial charge on any atom is -0.544 e. The first-order valence-electron chi connectivity index (χ1n) is 28.1. The number of carboxylic acid groups (broad SMARTS) is 1. The zero-order chi connectivity index (χ0) is 50.6. The Morgan fingerprint density at radius 2 is 0.812 bits per heavy atom. The highest BCUT2D eigenvalue weighted by atomic mass is 16.6. The second-order valence-electron chi connectivity index (χ2n) is 19.8. The van der Waals surface area contributed by atoms with Gasteiger partial charge in [-0.1, -0.05) is 208 Å². The number of hydrogen-bond acceptors (Lipinski definition) is 7. The first-order chi connectivity index (χ1) is 33.6. The van der Waals surface area contributed by atoms with E-state index in [0.29, 0.717) is 12.8 Å². The van der Waals surface area contributed by atoms with E-state index in [2.05, 4.69) is 98.9 Å². The number of esters is 2. The van der Waals surface area contributed by atoms with Gasteiger partial charge in [-0.15, -0.1) is 0 Å². The normalized spacial score (nSPS) is 13.5. The van der Waals surface area contributed by atoms with Crippen LogP contribution in [0, 0.1) is 0 Å². The molecule has 8 nitrogen and oxygen atoms in total. The molecule has 69 heavy (non-hydrogen) atoms. The topological polar surface area (TPSA) is 102 Å². The highest BCUT2D eigenvalue weighted by molar-refractivity contribution is 5.70. The maximum atomic E-state index is 12.8. The molecule has 0 rings (SSSR count). The van der Waals surface area contributed by atoms with Crippen LogP contribution < -0.4 is 5.11 Å². The van der Waals surface area contributed by atoms with Gasteiger partial charge in [-0.25, -0.2) is 0 Å². The maximum Gasteiger partial charge on any atom is 0.306 e. The van der Waals surface area contributed by atoms with Crippen LogP contribution in [0.5, 0.6) is 0 Å². The summed E-state index contributed by atoms with van der Waals surface area (Å²) in [4.78, 5) is 37.1. The summed E-state index contributed by atoms with van der Waals surface area (Å²) in [6, 6.07) is -0.735. The van der Waals surface area contributed by atoms with Gasteiger partial charge < -0.3 is 28.6 Å². The SMILES string of the molecule is CC/C=C/C/C=C/C/C=C/C/C=C/C/C=C/CCCCCCCCCC(=O)OC(COCCC(C(=O)[O-])[N+](C)(C)C)COC(=O)CCCCCCCCC/C=C/C/C=C/CCCCCCCCCC. The third kappa shape index (κ3) is 49.3. The Kier molecular flexibility index (Phi) is 48.3. The average molecular weight is 965 g/mol. The number of likely N-dealkylation sites (N-methyl/N-ethyl adjacent to an activating group) is 1. The van der Waals surface area contributed by atoms with E-state index in [-0.39, 0.29) is 42.7 Å². The molecule has 0 aliphatic heterocycles. The van der Waals surface area contributed by atoms with Gasteiger partial charge in [-0.05, 0) is 89.9 Å². The smallest absolute Gasteiger partial charge is 0.306 e. The molecule has 0 amide bonds. The van der Waals surface area contributed by atoms with E-state index in [0.717, 1.165) is 96.3 Å². The first-order valence-corrected chi connectivity index (χ1v) is 28.1. The number of unbranched alkanes of at least 4 members (excludes halogenated alkanes) is 22. The highest BCUT2D eigenvalue weighted by Crippen LogP contribution is 2.15. The van der Waals surface area contributed by atoms with Crippen LogP contribution in [-0.4, -0.2) is 75.5 Å². The second kappa shape index (κ2) is 50.9. The van der Waals surface area contributed by atoms with Crippen LogP contribution in [0.1, 0.15) is 232 Å². The molecule has 0 aromatic carbocycles. The number of carbonyl (C=O) groups excluding carboxylic acids is 3. The van der Waals surface area contributed by atoms with E-state index in [1.165, 1.54) is 103 Å². The number of nitrogens with zero attached hydrogens (tertiary/aromatic N) is 1. The van der Waals surface area contributed by atoms with Crippen molar-refractivity contribution in [2.75, 3.05) is 41.0 Å². The standard InChI is InChI=1S/C61H105NO7/c1-6-8-10-12-14-16-18-20-22-24-26-28-30-32-34-36-38-40-42-44-46-48-50-52-60(64)69-57(55-67-54-53-58(61(65)66)62(3,4)5)56-68-59(63)51-49-47-45-43-41-39-37-35-33-31-29-27-25-23-21-19-17-15-13-11-9-7-2/h8,10,14,16,20,22,25-28,31-34,57-58H,6-7,9,11-13,15,17-19,21,23-24,29-30,35-56H2,1-5H3/b10-8+,16-14+,22-20+,27-25+,28-26+,33-31+,34-32+. The van der Waals surface area contributed by atoms with Gasteiger partial charge in [-0.2, -0.15) is 0 Å². The molecule has 0 bridgehead atoms. The van der Waals surface area contributed by atoms with E-state index in [4.69, 9.17) is 14.2 Å². The Bertz CT molecular complexity index is 1400. The van der Waals surface area contributed by atoms with Gasteiger partial charge >= 0.3 is 11.9 Å². The van der Waals surface area contributed by atoms with Crippen molar-refractivity contribution in [1.82, 2.24) is 0 Å². The molecule has 2 atom stereocenters. The van der Waals surface area contributed by atoms with E-state index < -0.39 is 18.1 Å². The third-order valence-electron chi connectivity index (χ3n) is 12.3. The molecule has 0 spiro atoms. The number of carboxylic acids is 1. The number of quaternary nitrogens is 1. The summed E-state index contributed by atoms with van der Waals surface area (Å²) >= 11 is 0. The summed E-state index contributed by atoms with van der Waals surface area (Å²) < 4.78 is 17.3. The minimum atomic E-state index is -1.13. The van der Waals surface area contributed by atoms with E-state index in [9.17, 15) is 19.5 Å². The van der Waals surface area contributed by atoms with E-state index in [1.54, 1.807) is 21.1 Å². The van der Waals surface area contributed by atoms with Crippen molar-refractivity contribution in [2.45, 2.75) is 244 Å². The quantitative estimate of drug-likeness (QED) is 0.0259. The molecule has 396 valence electrons. The van der Waals surface area contributed by atoms with Gasteiger partial charge in [0.2, 0.25) is 0 Å². The number of carbonyl (C=O) groups is 3. The number of hydrogen-bond donors (Lipinski definition) is 0. The molecule has 2 unspecified atom stereocenters. The van der Waals surface area contributed by atoms with Crippen LogP contribution in [0.25, 0.3) is 0 Å². The fraction of sp³-hybridized carbons (Fsp3) is 0.721. The monoisotopic (exact) mass is 964 g/mol. The second-order valence-corrected chi connectivity index (χ2v) is 19.8. The van der Waals surface area contributed by atoms with Crippen molar-refractivity contribution in [3.63, 3.8) is 0 Å².